The number of nitro benzene ring substituents is 1. The molecule has 1 aromatic rings. The molecule has 9 nitrogen and oxygen atoms in total. The van der Waals surface area contributed by atoms with E-state index >= 15 is 0 Å². The smallest absolute Gasteiger partial charge is 0.362 e. The van der Waals surface area contributed by atoms with Gasteiger partial charge < -0.3 is 14.7 Å². The van der Waals surface area contributed by atoms with Gasteiger partial charge in [-0.15, -0.1) is 0 Å². The predicted octanol–water partition coefficient (Wildman–Crippen LogP) is 1.97. The van der Waals surface area contributed by atoms with Gasteiger partial charge in [0.15, 0.2) is 0 Å². The third-order valence-electron chi connectivity index (χ3n) is 5.76. The van der Waals surface area contributed by atoms with Gasteiger partial charge in [0.2, 0.25) is 5.91 Å². The number of piperazine rings is 1. The zero-order valence-corrected chi connectivity index (χ0v) is 17.8. The van der Waals surface area contributed by atoms with Gasteiger partial charge in [-0.05, 0) is 18.6 Å². The van der Waals surface area contributed by atoms with Crippen molar-refractivity contribution in [2.24, 2.45) is 0 Å². The molecule has 12 heteroatoms. The van der Waals surface area contributed by atoms with Gasteiger partial charge in [-0.25, -0.2) is 0 Å². The van der Waals surface area contributed by atoms with Crippen molar-refractivity contribution in [3.05, 3.63) is 33.9 Å². The van der Waals surface area contributed by atoms with Crippen LogP contribution in [0.5, 0.6) is 0 Å². The van der Waals surface area contributed by atoms with E-state index in [2.05, 4.69) is 0 Å². The summed E-state index contributed by atoms with van der Waals surface area (Å²) in [6, 6.07) is 4.27. The van der Waals surface area contributed by atoms with Crippen LogP contribution in [0.1, 0.15) is 23.7 Å². The lowest BCUT2D eigenvalue weighted by molar-refractivity contribution is -0.384. The second-order valence-electron chi connectivity index (χ2n) is 7.99. The third-order valence-corrected chi connectivity index (χ3v) is 5.76. The molecule has 2 heterocycles. The number of carbonyl (C=O) groups is 2. The van der Waals surface area contributed by atoms with Crippen molar-refractivity contribution in [2.45, 2.75) is 19.5 Å². The molecule has 2 aliphatic heterocycles. The number of nitro groups is 1. The first-order valence-electron chi connectivity index (χ1n) is 10.4. The molecular formula is C20H26F3N5O4. The molecule has 0 aliphatic carbocycles. The van der Waals surface area contributed by atoms with Gasteiger partial charge in [-0.2, -0.15) is 13.2 Å². The maximum atomic E-state index is 12.9. The zero-order chi connectivity index (χ0) is 23.5. The molecule has 0 bridgehead atoms. The molecular weight excluding hydrogens is 431 g/mol. The highest BCUT2D eigenvalue weighted by atomic mass is 19.4. The van der Waals surface area contributed by atoms with Crippen LogP contribution in [0.15, 0.2) is 18.2 Å². The first-order chi connectivity index (χ1) is 15.0. The number of hydrogen-bond donors (Lipinski definition) is 0. The molecule has 0 atom stereocenters. The number of anilines is 1. The summed E-state index contributed by atoms with van der Waals surface area (Å²) < 4.78 is 38.0. The van der Waals surface area contributed by atoms with Crippen LogP contribution in [-0.4, -0.2) is 96.5 Å². The molecule has 2 amide bonds. The second-order valence-corrected chi connectivity index (χ2v) is 7.99. The average Bonchev–Trinajstić information content (AvgIpc) is 2.97. The Morgan fingerprint density at radius 1 is 1.00 bits per heavy atom. The lowest BCUT2D eigenvalue weighted by Crippen LogP contribution is -2.48. The number of benzene rings is 1. The van der Waals surface area contributed by atoms with E-state index in [1.54, 1.807) is 4.90 Å². The molecule has 3 rings (SSSR count). The molecule has 2 fully saturated rings. The van der Waals surface area contributed by atoms with Crippen molar-refractivity contribution in [1.82, 2.24) is 14.7 Å². The van der Waals surface area contributed by atoms with Gasteiger partial charge >= 0.3 is 6.18 Å². The van der Waals surface area contributed by atoms with E-state index in [0.717, 1.165) is 0 Å². The van der Waals surface area contributed by atoms with Crippen LogP contribution in [0.25, 0.3) is 0 Å². The van der Waals surface area contributed by atoms with Crippen LogP contribution in [0.3, 0.4) is 0 Å². The summed E-state index contributed by atoms with van der Waals surface area (Å²) in [5, 5.41) is 11.7. The van der Waals surface area contributed by atoms with Gasteiger partial charge in [0.25, 0.3) is 11.6 Å². The van der Waals surface area contributed by atoms with Crippen LogP contribution < -0.4 is 4.90 Å². The van der Waals surface area contributed by atoms with Crippen molar-refractivity contribution >= 4 is 23.2 Å². The number of alkyl halides is 3. The highest BCUT2D eigenvalue weighted by Gasteiger charge is 2.32. The molecule has 176 valence electrons. The van der Waals surface area contributed by atoms with Crippen molar-refractivity contribution in [3.63, 3.8) is 0 Å². The van der Waals surface area contributed by atoms with E-state index < -0.39 is 23.6 Å². The summed E-state index contributed by atoms with van der Waals surface area (Å²) in [5.74, 6) is -0.485. The topological polar surface area (TPSA) is 90.2 Å². The van der Waals surface area contributed by atoms with Crippen LogP contribution in [0.2, 0.25) is 0 Å². The molecule has 0 saturated carbocycles. The zero-order valence-electron chi connectivity index (χ0n) is 17.8. The number of carbonyl (C=O) groups excluding carboxylic acids is 2. The first kappa shape index (κ1) is 23.8. The van der Waals surface area contributed by atoms with E-state index in [1.807, 2.05) is 4.90 Å². The summed E-state index contributed by atoms with van der Waals surface area (Å²) >= 11 is 0. The van der Waals surface area contributed by atoms with E-state index in [-0.39, 0.29) is 43.3 Å². The quantitative estimate of drug-likeness (QED) is 0.507. The maximum absolute atomic E-state index is 12.9. The summed E-state index contributed by atoms with van der Waals surface area (Å²) in [4.78, 5) is 41.8. The number of rotatable bonds is 4. The lowest BCUT2D eigenvalue weighted by atomic mass is 10.1. The molecule has 1 aromatic carbocycles. The predicted molar refractivity (Wildman–Crippen MR) is 111 cm³/mol. The van der Waals surface area contributed by atoms with Gasteiger partial charge in [0.1, 0.15) is 5.69 Å². The lowest BCUT2D eigenvalue weighted by Gasteiger charge is -2.35. The average molecular weight is 457 g/mol. The first-order valence-corrected chi connectivity index (χ1v) is 10.4. The minimum atomic E-state index is -4.30. The number of hydrogen-bond acceptors (Lipinski definition) is 6. The van der Waals surface area contributed by atoms with Crippen LogP contribution in [0, 0.1) is 10.1 Å². The fraction of sp³-hybridized carbons (Fsp3) is 0.600. The van der Waals surface area contributed by atoms with Gasteiger partial charge in [0, 0.05) is 70.9 Å². The Morgan fingerprint density at radius 3 is 2.25 bits per heavy atom. The van der Waals surface area contributed by atoms with E-state index in [9.17, 15) is 32.9 Å². The van der Waals surface area contributed by atoms with Gasteiger partial charge in [-0.1, -0.05) is 0 Å². The van der Waals surface area contributed by atoms with Gasteiger partial charge in [-0.3, -0.25) is 24.6 Å². The Labute approximate surface area is 183 Å². The standard InChI is InChI=1S/C20H26F3N5O4/c1-15(29)25-9-11-26(12-10-25)17-4-3-16(13-18(17)28(31)32)19(30)27-6-2-5-24(7-8-27)14-20(21,22)23/h3-4,13H,2,5-12,14H2,1H3. The molecule has 2 aliphatic rings. The Bertz CT molecular complexity index is 871. The van der Waals surface area contributed by atoms with Crippen molar-refractivity contribution < 1.29 is 27.7 Å². The van der Waals surface area contributed by atoms with Crippen molar-refractivity contribution in [3.8, 4) is 0 Å². The Kier molecular flexibility index (Phi) is 7.22. The van der Waals surface area contributed by atoms with E-state index in [1.165, 1.54) is 34.9 Å². The monoisotopic (exact) mass is 457 g/mol. The molecule has 0 aromatic heterocycles. The highest BCUT2D eigenvalue weighted by molar-refractivity contribution is 5.96. The normalized spacial score (nSPS) is 18.4. The van der Waals surface area contributed by atoms with Crippen LogP contribution >= 0.6 is 0 Å². The second kappa shape index (κ2) is 9.72. The highest BCUT2D eigenvalue weighted by Crippen LogP contribution is 2.31. The van der Waals surface area contributed by atoms with Crippen molar-refractivity contribution in [1.29, 1.82) is 0 Å². The third kappa shape index (κ3) is 5.87. The molecule has 0 radical (unpaired) electrons. The summed E-state index contributed by atoms with van der Waals surface area (Å²) in [5.41, 5.74) is 0.301. The minimum Gasteiger partial charge on any atom is -0.362 e. The number of nitrogens with zero attached hydrogens (tertiary/aromatic N) is 5. The number of amides is 2. The largest absolute Gasteiger partial charge is 0.401 e. The maximum Gasteiger partial charge on any atom is 0.401 e. The fourth-order valence-corrected chi connectivity index (χ4v) is 4.10. The SMILES string of the molecule is CC(=O)N1CCN(c2ccc(C(=O)N3CCCN(CC(F)(F)F)CC3)cc2[N+](=O)[O-])CC1. The van der Waals surface area contributed by atoms with Crippen LogP contribution in [-0.2, 0) is 4.79 Å². The fourth-order valence-electron chi connectivity index (χ4n) is 4.10. The number of halogens is 3. The van der Waals surface area contributed by atoms with Crippen LogP contribution in [0.4, 0.5) is 24.5 Å². The minimum absolute atomic E-state index is 0.0497. The Hall–Kier alpha value is -2.89. The molecule has 0 spiro atoms. The van der Waals surface area contributed by atoms with Gasteiger partial charge in [0.05, 0.1) is 11.5 Å². The molecule has 2 saturated heterocycles. The van der Waals surface area contributed by atoms with Crippen molar-refractivity contribution in [2.75, 3.05) is 63.8 Å². The van der Waals surface area contributed by atoms with E-state index in [4.69, 9.17) is 0 Å². The molecule has 0 N–H and O–H groups in total. The summed E-state index contributed by atoms with van der Waals surface area (Å²) in [7, 11) is 0. The van der Waals surface area contributed by atoms with E-state index in [0.29, 0.717) is 38.3 Å². The summed E-state index contributed by atoms with van der Waals surface area (Å²) in [6.45, 7) is 2.97. The summed E-state index contributed by atoms with van der Waals surface area (Å²) in [6.07, 6.45) is -3.91. The Morgan fingerprint density at radius 2 is 1.66 bits per heavy atom. The molecule has 0 unspecified atom stereocenters. The Balaban J connectivity index is 1.72. The molecule has 32 heavy (non-hydrogen) atoms.